The van der Waals surface area contributed by atoms with Gasteiger partial charge in [0.15, 0.2) is 9.84 Å². The van der Waals surface area contributed by atoms with Gasteiger partial charge in [0.2, 0.25) is 5.91 Å². The maximum Gasteiger partial charge on any atom is 0.220 e. The molecule has 17 heavy (non-hydrogen) atoms. The lowest BCUT2D eigenvalue weighted by Gasteiger charge is -2.11. The van der Waals surface area contributed by atoms with Gasteiger partial charge in [0.05, 0.1) is 11.8 Å². The Morgan fingerprint density at radius 1 is 1.47 bits per heavy atom. The van der Waals surface area contributed by atoms with Crippen LogP contribution in [0, 0.1) is 0 Å². The Kier molecular flexibility index (Phi) is 5.14. The van der Waals surface area contributed by atoms with Gasteiger partial charge in [0.1, 0.15) is 0 Å². The molecule has 0 aromatic heterocycles. The summed E-state index contributed by atoms with van der Waals surface area (Å²) in [6, 6.07) is 0.0616. The molecule has 98 valence electrons. The number of carbonyl (C=O) groups is 1. The van der Waals surface area contributed by atoms with Crippen molar-refractivity contribution in [2.75, 3.05) is 12.3 Å². The summed E-state index contributed by atoms with van der Waals surface area (Å²) in [5, 5.41) is 7.07. The van der Waals surface area contributed by atoms with E-state index in [9.17, 15) is 13.2 Å². The minimum absolute atomic E-state index is 0.0109. The van der Waals surface area contributed by atoms with Crippen LogP contribution in [0.5, 0.6) is 0 Å². The minimum Gasteiger partial charge on any atom is -0.349 e. The number of hydrogen-bond acceptors (Lipinski definition) is 4. The van der Waals surface area contributed by atoms with Crippen molar-refractivity contribution < 1.29 is 13.2 Å². The number of hydrogen-bond donors (Lipinski definition) is 2. The van der Waals surface area contributed by atoms with Crippen LogP contribution in [0.2, 0.25) is 0 Å². The summed E-state index contributed by atoms with van der Waals surface area (Å²) in [6.07, 6.45) is 2.71. The first-order valence-electron chi connectivity index (χ1n) is 5.83. The minimum atomic E-state index is -3.09. The highest BCUT2D eigenvalue weighted by molar-refractivity contribution is 7.94. The van der Waals surface area contributed by atoms with Crippen molar-refractivity contribution >= 4 is 15.7 Å². The largest absolute Gasteiger partial charge is 0.349 e. The smallest absolute Gasteiger partial charge is 0.220 e. The van der Waals surface area contributed by atoms with Gasteiger partial charge in [-0.3, -0.25) is 4.79 Å². The molecule has 0 aromatic carbocycles. The first kappa shape index (κ1) is 14.2. The SMILES string of the molecule is CC(C)NCCCC(=O)NC1C=CS(=O)(=O)C1. The first-order valence-corrected chi connectivity index (χ1v) is 7.54. The van der Waals surface area contributed by atoms with Crippen LogP contribution in [0.25, 0.3) is 0 Å². The van der Waals surface area contributed by atoms with Crippen molar-refractivity contribution in [3.05, 3.63) is 11.5 Å². The van der Waals surface area contributed by atoms with Crippen molar-refractivity contribution in [1.29, 1.82) is 0 Å². The van der Waals surface area contributed by atoms with Gasteiger partial charge in [-0.15, -0.1) is 0 Å². The van der Waals surface area contributed by atoms with E-state index in [0.29, 0.717) is 12.5 Å². The summed E-state index contributed by atoms with van der Waals surface area (Å²) < 4.78 is 22.2. The molecule has 0 saturated heterocycles. The highest BCUT2D eigenvalue weighted by atomic mass is 32.2. The third-order valence-corrected chi connectivity index (χ3v) is 3.81. The molecule has 0 aromatic rings. The molecule has 0 aliphatic carbocycles. The van der Waals surface area contributed by atoms with Crippen molar-refractivity contribution in [3.63, 3.8) is 0 Å². The van der Waals surface area contributed by atoms with Gasteiger partial charge in [-0.2, -0.15) is 0 Å². The zero-order valence-electron chi connectivity index (χ0n) is 10.3. The molecule has 1 amide bonds. The molecular weight excluding hydrogens is 240 g/mol. The van der Waals surface area contributed by atoms with Gasteiger partial charge in [-0.25, -0.2) is 8.42 Å². The van der Waals surface area contributed by atoms with Gasteiger partial charge in [-0.1, -0.05) is 13.8 Å². The number of sulfone groups is 1. The van der Waals surface area contributed by atoms with E-state index in [1.165, 1.54) is 6.08 Å². The molecule has 0 spiro atoms. The van der Waals surface area contributed by atoms with Crippen LogP contribution < -0.4 is 10.6 Å². The number of nitrogens with one attached hydrogen (secondary N) is 2. The molecule has 5 nitrogen and oxygen atoms in total. The van der Waals surface area contributed by atoms with Gasteiger partial charge < -0.3 is 10.6 Å². The standard InChI is InChI=1S/C11H20N2O3S/c1-9(2)12-6-3-4-11(14)13-10-5-7-17(15,16)8-10/h5,7,9-10,12H,3-4,6,8H2,1-2H3,(H,13,14). The third kappa shape index (κ3) is 5.83. The fourth-order valence-corrected chi connectivity index (χ4v) is 2.82. The molecule has 0 fully saturated rings. The zero-order chi connectivity index (χ0) is 12.9. The van der Waals surface area contributed by atoms with E-state index in [2.05, 4.69) is 10.6 Å². The maximum absolute atomic E-state index is 11.5. The molecule has 1 unspecified atom stereocenters. The lowest BCUT2D eigenvalue weighted by Crippen LogP contribution is -2.35. The molecule has 0 saturated carbocycles. The van der Waals surface area contributed by atoms with Crippen molar-refractivity contribution in [2.45, 2.75) is 38.8 Å². The molecule has 2 N–H and O–H groups in total. The molecule has 1 rings (SSSR count). The summed E-state index contributed by atoms with van der Waals surface area (Å²) in [7, 11) is -3.09. The second-order valence-electron chi connectivity index (χ2n) is 4.54. The molecule has 6 heteroatoms. The average molecular weight is 260 g/mol. The van der Waals surface area contributed by atoms with E-state index in [1.54, 1.807) is 0 Å². The lowest BCUT2D eigenvalue weighted by atomic mass is 10.2. The number of rotatable bonds is 6. The Balaban J connectivity index is 2.16. The van der Waals surface area contributed by atoms with E-state index in [1.807, 2.05) is 13.8 Å². The van der Waals surface area contributed by atoms with Crippen LogP contribution in [0.4, 0.5) is 0 Å². The van der Waals surface area contributed by atoms with E-state index in [0.717, 1.165) is 18.4 Å². The quantitative estimate of drug-likeness (QED) is 0.669. The van der Waals surface area contributed by atoms with Crippen LogP contribution in [0.3, 0.4) is 0 Å². The van der Waals surface area contributed by atoms with Crippen molar-refractivity contribution in [3.8, 4) is 0 Å². The van der Waals surface area contributed by atoms with Gasteiger partial charge in [-0.05, 0) is 19.0 Å². The molecule has 0 radical (unpaired) electrons. The highest BCUT2D eigenvalue weighted by Crippen LogP contribution is 2.07. The summed E-state index contributed by atoms with van der Waals surface area (Å²) in [5.41, 5.74) is 0. The maximum atomic E-state index is 11.5. The molecular formula is C11H20N2O3S. The Morgan fingerprint density at radius 2 is 2.18 bits per heavy atom. The third-order valence-electron chi connectivity index (χ3n) is 2.41. The van der Waals surface area contributed by atoms with E-state index in [4.69, 9.17) is 0 Å². The first-order chi connectivity index (χ1) is 7.89. The van der Waals surface area contributed by atoms with Crippen molar-refractivity contribution in [1.82, 2.24) is 10.6 Å². The topological polar surface area (TPSA) is 75.3 Å². The molecule has 1 aliphatic rings. The summed E-state index contributed by atoms with van der Waals surface area (Å²) in [5.74, 6) is -0.106. The highest BCUT2D eigenvalue weighted by Gasteiger charge is 2.22. The predicted molar refractivity (Wildman–Crippen MR) is 67.2 cm³/mol. The molecule has 1 atom stereocenters. The normalized spacial score (nSPS) is 21.9. The van der Waals surface area contributed by atoms with E-state index in [-0.39, 0.29) is 17.7 Å². The van der Waals surface area contributed by atoms with Crippen LogP contribution in [-0.2, 0) is 14.6 Å². The number of carbonyl (C=O) groups excluding carboxylic acids is 1. The van der Waals surface area contributed by atoms with Gasteiger partial charge in [0, 0.05) is 17.9 Å². The lowest BCUT2D eigenvalue weighted by molar-refractivity contribution is -0.121. The van der Waals surface area contributed by atoms with Gasteiger partial charge in [0.25, 0.3) is 0 Å². The summed E-state index contributed by atoms with van der Waals surface area (Å²) in [4.78, 5) is 11.5. The van der Waals surface area contributed by atoms with E-state index < -0.39 is 9.84 Å². The van der Waals surface area contributed by atoms with Crippen LogP contribution in [-0.4, -0.2) is 38.7 Å². The predicted octanol–water partition coefficient (Wildman–Crippen LogP) is 0.192. The Bertz CT molecular complexity index is 388. The van der Waals surface area contributed by atoms with Gasteiger partial charge >= 0.3 is 0 Å². The second-order valence-corrected chi connectivity index (χ2v) is 6.48. The van der Waals surface area contributed by atoms with E-state index >= 15 is 0 Å². The Hall–Kier alpha value is -0.880. The molecule has 1 heterocycles. The second kappa shape index (κ2) is 6.16. The van der Waals surface area contributed by atoms with Crippen molar-refractivity contribution in [2.24, 2.45) is 0 Å². The fraction of sp³-hybridized carbons (Fsp3) is 0.727. The Morgan fingerprint density at radius 3 is 2.71 bits per heavy atom. The monoisotopic (exact) mass is 260 g/mol. The summed E-state index contributed by atoms with van der Waals surface area (Å²) >= 11 is 0. The van der Waals surface area contributed by atoms with Crippen LogP contribution in [0.1, 0.15) is 26.7 Å². The molecule has 0 bridgehead atoms. The zero-order valence-corrected chi connectivity index (χ0v) is 11.1. The fourth-order valence-electron chi connectivity index (χ4n) is 1.58. The van der Waals surface area contributed by atoms with Crippen LogP contribution in [0.15, 0.2) is 11.5 Å². The Labute approximate surface area is 103 Å². The number of amides is 1. The average Bonchev–Trinajstić information content (AvgIpc) is 2.52. The summed E-state index contributed by atoms with van der Waals surface area (Å²) in [6.45, 7) is 4.90. The van der Waals surface area contributed by atoms with Crippen LogP contribution >= 0.6 is 0 Å². The molecule has 1 aliphatic heterocycles.